The van der Waals surface area contributed by atoms with E-state index in [9.17, 15) is 4.39 Å². The van der Waals surface area contributed by atoms with E-state index in [2.05, 4.69) is 45.9 Å². The van der Waals surface area contributed by atoms with E-state index in [-0.39, 0.29) is 5.82 Å². The minimum atomic E-state index is -0.816. The third-order valence-electron chi connectivity index (χ3n) is 1.58. The number of hydrogen-bond acceptors (Lipinski definition) is 1. The normalized spacial score (nSPS) is 11.6. The molecule has 1 rings (SSSR count). The molecule has 1 aromatic rings. The van der Waals surface area contributed by atoms with Gasteiger partial charge in [-0.15, -0.1) is 0 Å². The predicted molar refractivity (Wildman–Crippen MR) is 72.7 cm³/mol. The fraction of sp³-hybridized carbons (Fsp3) is 0.333. The van der Waals surface area contributed by atoms with Gasteiger partial charge >= 0.3 is 0 Å². The zero-order valence-electron chi connectivity index (χ0n) is 9.51. The molecule has 88 valence electrons. The summed E-state index contributed by atoms with van der Waals surface area (Å²) >= 11 is 3.08. The maximum absolute atomic E-state index is 13.1. The van der Waals surface area contributed by atoms with Crippen LogP contribution in [0.3, 0.4) is 0 Å². The molecule has 0 unspecified atom stereocenters. The lowest BCUT2D eigenvalue weighted by Gasteiger charge is -2.14. The third kappa shape index (κ3) is 4.91. The average molecular weight is 305 g/mol. The SMILES string of the molecule is CS(C)(C)C#CCOc1ccc(Br)c(F)c1. The molecule has 1 aromatic carbocycles. The summed E-state index contributed by atoms with van der Waals surface area (Å²) in [6.45, 7) is 0.297. The molecule has 0 aliphatic heterocycles. The Labute approximate surface area is 106 Å². The van der Waals surface area contributed by atoms with Gasteiger partial charge in [-0.05, 0) is 46.8 Å². The van der Waals surface area contributed by atoms with E-state index < -0.39 is 10.0 Å². The van der Waals surface area contributed by atoms with Gasteiger partial charge in [0.15, 0.2) is 0 Å². The summed E-state index contributed by atoms with van der Waals surface area (Å²) in [5, 5.41) is 3.12. The molecule has 0 amide bonds. The van der Waals surface area contributed by atoms with Crippen molar-refractivity contribution >= 4 is 26.0 Å². The van der Waals surface area contributed by atoms with Crippen molar-refractivity contribution in [2.45, 2.75) is 0 Å². The second-order valence-electron chi connectivity index (χ2n) is 3.98. The van der Waals surface area contributed by atoms with Gasteiger partial charge in [0.25, 0.3) is 0 Å². The summed E-state index contributed by atoms with van der Waals surface area (Å²) in [4.78, 5) is 0. The Hall–Kier alpha value is -0.660. The van der Waals surface area contributed by atoms with Crippen molar-refractivity contribution in [2.75, 3.05) is 25.4 Å². The van der Waals surface area contributed by atoms with Crippen molar-refractivity contribution in [2.24, 2.45) is 0 Å². The largest absolute Gasteiger partial charge is 0.481 e. The third-order valence-corrected chi connectivity index (χ3v) is 2.98. The molecule has 0 aliphatic rings. The van der Waals surface area contributed by atoms with Gasteiger partial charge in [-0.25, -0.2) is 4.39 Å². The Morgan fingerprint density at radius 3 is 2.62 bits per heavy atom. The number of benzene rings is 1. The van der Waals surface area contributed by atoms with Crippen molar-refractivity contribution in [1.82, 2.24) is 0 Å². The van der Waals surface area contributed by atoms with Crippen molar-refractivity contribution in [1.29, 1.82) is 0 Å². The summed E-state index contributed by atoms with van der Waals surface area (Å²) in [6.07, 6.45) is 6.33. The molecule has 16 heavy (non-hydrogen) atoms. The van der Waals surface area contributed by atoms with Gasteiger partial charge in [0, 0.05) is 6.07 Å². The number of halogens is 2. The fourth-order valence-electron chi connectivity index (χ4n) is 0.932. The fourth-order valence-corrected chi connectivity index (χ4v) is 1.67. The van der Waals surface area contributed by atoms with Crippen LogP contribution in [0.1, 0.15) is 0 Å². The Bertz CT molecular complexity index is 429. The highest BCUT2D eigenvalue weighted by atomic mass is 79.9. The zero-order chi connectivity index (χ0) is 12.2. The summed E-state index contributed by atoms with van der Waals surface area (Å²) < 4.78 is 18.9. The van der Waals surface area contributed by atoms with Crippen LogP contribution in [0.2, 0.25) is 0 Å². The first-order valence-electron chi connectivity index (χ1n) is 4.64. The summed E-state index contributed by atoms with van der Waals surface area (Å²) in [5.41, 5.74) is 0. The van der Waals surface area contributed by atoms with E-state index >= 15 is 0 Å². The molecule has 1 nitrogen and oxygen atoms in total. The van der Waals surface area contributed by atoms with Crippen LogP contribution in [-0.4, -0.2) is 25.4 Å². The topological polar surface area (TPSA) is 9.23 Å². The molecule has 0 saturated heterocycles. The highest BCUT2D eigenvalue weighted by Crippen LogP contribution is 2.32. The molecule has 0 heterocycles. The Balaban J connectivity index is 2.55. The summed E-state index contributed by atoms with van der Waals surface area (Å²) in [5.74, 6) is 3.11. The van der Waals surface area contributed by atoms with Crippen molar-refractivity contribution < 1.29 is 9.13 Å². The lowest BCUT2D eigenvalue weighted by atomic mass is 10.3. The van der Waals surface area contributed by atoms with E-state index in [4.69, 9.17) is 4.74 Å². The Morgan fingerprint density at radius 2 is 2.06 bits per heavy atom. The second kappa shape index (κ2) is 5.60. The van der Waals surface area contributed by atoms with Crippen LogP contribution in [0.25, 0.3) is 0 Å². The van der Waals surface area contributed by atoms with Crippen molar-refractivity contribution in [3.05, 3.63) is 28.5 Å². The second-order valence-corrected chi connectivity index (χ2v) is 8.71. The highest BCUT2D eigenvalue weighted by molar-refractivity contribution is 9.10. The maximum Gasteiger partial charge on any atom is 0.149 e. The van der Waals surface area contributed by atoms with Crippen LogP contribution in [0, 0.1) is 17.0 Å². The van der Waals surface area contributed by atoms with Crippen LogP contribution in [0.5, 0.6) is 5.75 Å². The van der Waals surface area contributed by atoms with E-state index in [1.54, 1.807) is 12.1 Å². The molecule has 4 heteroatoms. The lowest BCUT2D eigenvalue weighted by molar-refractivity contribution is 0.367. The van der Waals surface area contributed by atoms with Gasteiger partial charge < -0.3 is 4.74 Å². The lowest BCUT2D eigenvalue weighted by Crippen LogP contribution is -1.95. The quantitative estimate of drug-likeness (QED) is 0.758. The van der Waals surface area contributed by atoms with Gasteiger partial charge in [0.05, 0.1) is 4.47 Å². The first-order chi connectivity index (χ1) is 7.38. The standard InChI is InChI=1S/C12H14BrFOS/c1-16(2,3)8-4-7-15-10-5-6-11(13)12(14)9-10/h5-6,9H,7H2,1-3H3. The van der Waals surface area contributed by atoms with Crippen LogP contribution < -0.4 is 4.74 Å². The molecule has 0 aromatic heterocycles. The molecule has 0 bridgehead atoms. The molecule has 0 aliphatic carbocycles. The number of hydrogen-bond donors (Lipinski definition) is 0. The molecule has 0 radical (unpaired) electrons. The molecule has 0 N–H and O–H groups in total. The zero-order valence-corrected chi connectivity index (χ0v) is 11.9. The monoisotopic (exact) mass is 304 g/mol. The highest BCUT2D eigenvalue weighted by Gasteiger charge is 2.00. The van der Waals surface area contributed by atoms with E-state index in [0.717, 1.165) is 0 Å². The smallest absolute Gasteiger partial charge is 0.149 e. The molecule has 0 spiro atoms. The van der Waals surface area contributed by atoms with Crippen LogP contribution >= 0.6 is 26.0 Å². The summed E-state index contributed by atoms with van der Waals surface area (Å²) in [7, 11) is -0.816. The number of ether oxygens (including phenoxy) is 1. The molecule has 0 saturated carbocycles. The Kier molecular flexibility index (Phi) is 4.69. The minimum Gasteiger partial charge on any atom is -0.481 e. The van der Waals surface area contributed by atoms with Gasteiger partial charge in [-0.2, -0.15) is 10.0 Å². The summed E-state index contributed by atoms with van der Waals surface area (Å²) in [6, 6.07) is 4.67. The Morgan fingerprint density at radius 1 is 1.38 bits per heavy atom. The van der Waals surface area contributed by atoms with Gasteiger partial charge in [-0.1, -0.05) is 11.2 Å². The molecular weight excluding hydrogens is 291 g/mol. The van der Waals surface area contributed by atoms with E-state index in [1.165, 1.54) is 6.07 Å². The maximum atomic E-state index is 13.1. The van der Waals surface area contributed by atoms with E-state index in [0.29, 0.717) is 16.8 Å². The molecule has 0 fully saturated rings. The first kappa shape index (κ1) is 13.4. The van der Waals surface area contributed by atoms with Crippen molar-refractivity contribution in [3.63, 3.8) is 0 Å². The van der Waals surface area contributed by atoms with Gasteiger partial charge in [0.1, 0.15) is 18.2 Å². The molecular formula is C12H14BrFOS. The van der Waals surface area contributed by atoms with E-state index in [1.807, 2.05) is 0 Å². The van der Waals surface area contributed by atoms with Crippen LogP contribution in [0.4, 0.5) is 4.39 Å². The van der Waals surface area contributed by atoms with Crippen LogP contribution in [-0.2, 0) is 0 Å². The van der Waals surface area contributed by atoms with Gasteiger partial charge in [-0.3, -0.25) is 0 Å². The van der Waals surface area contributed by atoms with Crippen molar-refractivity contribution in [3.8, 4) is 16.9 Å². The van der Waals surface area contributed by atoms with Gasteiger partial charge in [0.2, 0.25) is 0 Å². The predicted octanol–water partition coefficient (Wildman–Crippen LogP) is 3.62. The number of rotatable bonds is 2. The molecule has 0 atom stereocenters. The minimum absolute atomic E-state index is 0.297. The van der Waals surface area contributed by atoms with Crippen LogP contribution in [0.15, 0.2) is 22.7 Å². The first-order valence-corrected chi connectivity index (χ1v) is 8.29. The average Bonchev–Trinajstić information content (AvgIpc) is 2.17.